The maximum absolute atomic E-state index is 15.3. The molecule has 11 nitrogen and oxygen atoms in total. The molecule has 2 aromatic carbocycles. The number of nitrogens with zero attached hydrogens (tertiary/aromatic N) is 6. The first kappa shape index (κ1) is 31.3. The van der Waals surface area contributed by atoms with Crippen molar-refractivity contribution >= 4 is 34.7 Å². The zero-order valence-electron chi connectivity index (χ0n) is 26.1. The number of carbonyl (C=O) groups excluding carboxylic acids is 2. The second-order valence-electron chi connectivity index (χ2n) is 12.5. The van der Waals surface area contributed by atoms with Crippen molar-refractivity contribution in [2.75, 3.05) is 36.4 Å². The summed E-state index contributed by atoms with van der Waals surface area (Å²) in [6.45, 7) is 8.37. The molecule has 1 atom stereocenters. The van der Waals surface area contributed by atoms with Crippen LogP contribution in [0.5, 0.6) is 0 Å². The average Bonchev–Trinajstić information content (AvgIpc) is 3.79. The Morgan fingerprint density at radius 3 is 2.72 bits per heavy atom. The van der Waals surface area contributed by atoms with Crippen molar-refractivity contribution in [2.45, 2.75) is 57.7 Å². The first-order valence-electron chi connectivity index (χ1n) is 15.4. The van der Waals surface area contributed by atoms with Gasteiger partial charge in [0.1, 0.15) is 22.1 Å². The fourth-order valence-electron chi connectivity index (χ4n) is 5.79. The van der Waals surface area contributed by atoms with Crippen molar-refractivity contribution in [3.8, 4) is 10.6 Å². The van der Waals surface area contributed by atoms with E-state index in [4.69, 9.17) is 4.74 Å². The number of piperidine rings is 1. The van der Waals surface area contributed by atoms with Gasteiger partial charge < -0.3 is 20.3 Å². The number of halogens is 1. The number of nitrogens with one attached hydrogen (secondary N) is 2. The Morgan fingerprint density at radius 2 is 1.91 bits per heavy atom. The number of alkyl carbamates (subject to hydrolysis) is 1. The van der Waals surface area contributed by atoms with E-state index in [1.54, 1.807) is 44.5 Å². The number of amides is 2. The molecule has 1 unspecified atom stereocenters. The molecule has 2 aromatic heterocycles. The van der Waals surface area contributed by atoms with Crippen LogP contribution in [0.4, 0.5) is 20.6 Å². The molecule has 1 fully saturated rings. The number of hydrogen-bond donors (Lipinski definition) is 2. The third-order valence-corrected chi connectivity index (χ3v) is 8.73. The van der Waals surface area contributed by atoms with Gasteiger partial charge in [0.2, 0.25) is 0 Å². The Hall–Kier alpha value is -4.65. The SMILES string of the molecule is CC(C)(C)OC(=O)NC1CCCN(c2c(F)cccc2NC(=O)c2csc(-c3cnn(Cc4ccccc4C4CN=NC4)c3)n2)C1. The molecule has 0 radical (unpaired) electrons. The molecule has 1 saturated heterocycles. The van der Waals surface area contributed by atoms with Gasteiger partial charge >= 0.3 is 6.09 Å². The van der Waals surface area contributed by atoms with Gasteiger partial charge in [-0.15, -0.1) is 11.3 Å². The number of thiazole rings is 1. The van der Waals surface area contributed by atoms with E-state index in [0.717, 1.165) is 18.4 Å². The zero-order chi connectivity index (χ0) is 32.3. The molecule has 0 bridgehead atoms. The van der Waals surface area contributed by atoms with Gasteiger partial charge in [-0.05, 0) is 56.9 Å². The van der Waals surface area contributed by atoms with Crippen LogP contribution in [0.3, 0.4) is 0 Å². The predicted molar refractivity (Wildman–Crippen MR) is 175 cm³/mol. The Bertz CT molecular complexity index is 1740. The van der Waals surface area contributed by atoms with Gasteiger partial charge in [-0.25, -0.2) is 14.2 Å². The number of aromatic nitrogens is 3. The molecule has 2 aliphatic heterocycles. The minimum atomic E-state index is -0.618. The van der Waals surface area contributed by atoms with Crippen molar-refractivity contribution in [3.63, 3.8) is 0 Å². The van der Waals surface area contributed by atoms with Gasteiger partial charge in [0.05, 0.1) is 37.2 Å². The Labute approximate surface area is 270 Å². The second-order valence-corrected chi connectivity index (χ2v) is 13.4. The molecule has 4 heterocycles. The van der Waals surface area contributed by atoms with E-state index in [1.165, 1.54) is 28.5 Å². The van der Waals surface area contributed by atoms with Crippen molar-refractivity contribution < 1.29 is 18.7 Å². The fourth-order valence-corrected chi connectivity index (χ4v) is 6.56. The van der Waals surface area contributed by atoms with E-state index >= 15 is 4.39 Å². The fraction of sp³-hybridized carbons (Fsp3) is 0.394. The highest BCUT2D eigenvalue weighted by Gasteiger charge is 2.28. The van der Waals surface area contributed by atoms with Crippen molar-refractivity contribution in [2.24, 2.45) is 10.2 Å². The average molecular weight is 645 g/mol. The van der Waals surface area contributed by atoms with Gasteiger partial charge in [0.25, 0.3) is 5.91 Å². The normalized spacial score (nSPS) is 16.9. The van der Waals surface area contributed by atoms with Crippen LogP contribution < -0.4 is 15.5 Å². The standard InChI is InChI=1S/C33H37FN8O3S/c1-33(2,3)45-32(44)38-24-9-7-13-41(19-24)29-26(34)11-6-12-27(29)39-30(43)28-20-46-31(40-28)23-16-37-42(18-23)17-21-8-4-5-10-25(21)22-14-35-36-15-22/h4-6,8,10-12,16,18,20,22,24H,7,9,13-15,17,19H2,1-3H3,(H,38,44)(H,39,43). The van der Waals surface area contributed by atoms with Crippen LogP contribution in [-0.2, 0) is 11.3 Å². The molecule has 46 heavy (non-hydrogen) atoms. The van der Waals surface area contributed by atoms with Crippen LogP contribution in [0.25, 0.3) is 10.6 Å². The summed E-state index contributed by atoms with van der Waals surface area (Å²) in [5.74, 6) is -0.612. The maximum atomic E-state index is 15.3. The summed E-state index contributed by atoms with van der Waals surface area (Å²) < 4.78 is 22.5. The monoisotopic (exact) mass is 644 g/mol. The number of carbonyl (C=O) groups is 2. The lowest BCUT2D eigenvalue weighted by molar-refractivity contribution is 0.0500. The van der Waals surface area contributed by atoms with E-state index < -0.39 is 23.4 Å². The van der Waals surface area contributed by atoms with Crippen LogP contribution in [0, 0.1) is 5.82 Å². The third-order valence-electron chi connectivity index (χ3n) is 7.84. The van der Waals surface area contributed by atoms with Crippen molar-refractivity contribution in [3.05, 3.63) is 82.9 Å². The summed E-state index contributed by atoms with van der Waals surface area (Å²) >= 11 is 1.34. The van der Waals surface area contributed by atoms with Crippen LogP contribution in [0.1, 0.15) is 61.1 Å². The maximum Gasteiger partial charge on any atom is 0.407 e. The van der Waals surface area contributed by atoms with Gasteiger partial charge in [0.15, 0.2) is 0 Å². The number of azo groups is 1. The van der Waals surface area contributed by atoms with Gasteiger partial charge in [-0.3, -0.25) is 9.48 Å². The van der Waals surface area contributed by atoms with Gasteiger partial charge in [-0.2, -0.15) is 15.3 Å². The topological polar surface area (TPSA) is 126 Å². The minimum absolute atomic E-state index is 0.226. The third kappa shape index (κ3) is 7.41. The molecule has 0 saturated carbocycles. The second kappa shape index (κ2) is 13.4. The number of anilines is 2. The van der Waals surface area contributed by atoms with Crippen LogP contribution >= 0.6 is 11.3 Å². The molecule has 0 spiro atoms. The lowest BCUT2D eigenvalue weighted by atomic mass is 9.95. The molecular weight excluding hydrogens is 607 g/mol. The summed E-state index contributed by atoms with van der Waals surface area (Å²) in [5.41, 5.74) is 3.43. The Kier molecular flexibility index (Phi) is 9.11. The quantitative estimate of drug-likeness (QED) is 0.226. The zero-order valence-corrected chi connectivity index (χ0v) is 26.9. The van der Waals surface area contributed by atoms with Gasteiger partial charge in [0, 0.05) is 42.2 Å². The van der Waals surface area contributed by atoms with Gasteiger partial charge in [-0.1, -0.05) is 30.3 Å². The smallest absolute Gasteiger partial charge is 0.407 e. The number of benzene rings is 2. The molecule has 4 aromatic rings. The highest BCUT2D eigenvalue weighted by molar-refractivity contribution is 7.13. The largest absolute Gasteiger partial charge is 0.444 e. The number of rotatable bonds is 8. The Morgan fingerprint density at radius 1 is 1.11 bits per heavy atom. The first-order chi connectivity index (χ1) is 22.1. The number of ether oxygens (including phenoxy) is 1. The van der Waals surface area contributed by atoms with Crippen LogP contribution in [0.2, 0.25) is 0 Å². The molecule has 2 N–H and O–H groups in total. The molecule has 13 heteroatoms. The highest BCUT2D eigenvalue weighted by atomic mass is 32.1. The summed E-state index contributed by atoms with van der Waals surface area (Å²) in [6.07, 6.45) is 4.63. The van der Waals surface area contributed by atoms with Crippen LogP contribution in [0.15, 0.2) is 70.5 Å². The predicted octanol–water partition coefficient (Wildman–Crippen LogP) is 6.49. The van der Waals surface area contributed by atoms with Crippen LogP contribution in [-0.4, -0.2) is 64.6 Å². The van der Waals surface area contributed by atoms with E-state index in [2.05, 4.69) is 43.1 Å². The number of para-hydroxylation sites is 1. The first-order valence-corrected chi connectivity index (χ1v) is 16.2. The summed E-state index contributed by atoms with van der Waals surface area (Å²) in [6, 6.07) is 12.7. The molecule has 2 aliphatic rings. The summed E-state index contributed by atoms with van der Waals surface area (Å²) in [5, 5.41) is 21.0. The minimum Gasteiger partial charge on any atom is -0.444 e. The lowest BCUT2D eigenvalue weighted by Gasteiger charge is -2.36. The van der Waals surface area contributed by atoms with Crippen molar-refractivity contribution in [1.29, 1.82) is 0 Å². The lowest BCUT2D eigenvalue weighted by Crippen LogP contribution is -2.49. The molecule has 6 rings (SSSR count). The summed E-state index contributed by atoms with van der Waals surface area (Å²) in [4.78, 5) is 32.1. The van der Waals surface area contributed by atoms with E-state index in [-0.39, 0.29) is 23.3 Å². The summed E-state index contributed by atoms with van der Waals surface area (Å²) in [7, 11) is 0. The number of hydrogen-bond acceptors (Lipinski definition) is 9. The highest BCUT2D eigenvalue weighted by Crippen LogP contribution is 2.33. The van der Waals surface area contributed by atoms with E-state index in [9.17, 15) is 9.59 Å². The molecular formula is C33H37FN8O3S. The van der Waals surface area contributed by atoms with E-state index in [1.807, 2.05) is 27.9 Å². The van der Waals surface area contributed by atoms with Crippen molar-refractivity contribution in [1.82, 2.24) is 20.1 Å². The molecule has 240 valence electrons. The molecule has 2 amide bonds. The molecule has 0 aliphatic carbocycles. The van der Waals surface area contributed by atoms with E-state index in [0.29, 0.717) is 43.4 Å². The Balaban J connectivity index is 1.12.